The molecular formula is C47H64N4O10. The first-order chi connectivity index (χ1) is 28.2. The van der Waals surface area contributed by atoms with Gasteiger partial charge in [-0.05, 0) is 78.5 Å². The molecule has 0 saturated heterocycles. The van der Waals surface area contributed by atoms with Gasteiger partial charge in [-0.3, -0.25) is 14.4 Å². The molecule has 14 nitrogen and oxygen atoms in total. The number of alkyl carbamates (subject to hydrolysis) is 1. The highest BCUT2D eigenvalue weighted by Gasteiger charge is 2.36. The molecule has 0 saturated carbocycles. The van der Waals surface area contributed by atoms with E-state index in [0.29, 0.717) is 34.2 Å². The molecule has 4 rings (SSSR count). The fraction of sp³-hybridized carbons (Fsp3) is 0.511. The molecule has 7 N–H and O–H groups in total. The van der Waals surface area contributed by atoms with Crippen LogP contribution < -0.4 is 21.3 Å². The topological polar surface area (TPSA) is 213 Å². The molecule has 5 atom stereocenters. The van der Waals surface area contributed by atoms with Gasteiger partial charge in [0.2, 0.25) is 17.7 Å². The van der Waals surface area contributed by atoms with Crippen LogP contribution in [-0.4, -0.2) is 82.0 Å². The number of hydrogen-bond acceptors (Lipinski definition) is 10. The Labute approximate surface area is 359 Å². The van der Waals surface area contributed by atoms with Gasteiger partial charge in [0.05, 0.1) is 7.11 Å². The predicted molar refractivity (Wildman–Crippen MR) is 232 cm³/mol. The van der Waals surface area contributed by atoms with E-state index in [2.05, 4.69) is 21.3 Å². The van der Waals surface area contributed by atoms with Crippen molar-refractivity contribution in [3.63, 3.8) is 0 Å². The number of aromatic hydroxyl groups is 3. The molecule has 0 fully saturated rings. The SMILES string of the molecule is CCC(C)[C@@H]1NC(=O)C(NC(=O)OC(C)(C)C)Cc2cc(c(O)c(C(C)(C)C)c2)-c2cc(cc(C(C)(C)C)c2O)CC(C(=O)NC(Cc2ccc(O)cc2)C(=O)OC)NC1=O. The van der Waals surface area contributed by atoms with E-state index < -0.39 is 76.3 Å². The highest BCUT2D eigenvalue weighted by atomic mass is 16.6. The summed E-state index contributed by atoms with van der Waals surface area (Å²) in [5.74, 6) is -3.53. The van der Waals surface area contributed by atoms with E-state index >= 15 is 0 Å². The van der Waals surface area contributed by atoms with Crippen LogP contribution in [0, 0.1) is 5.92 Å². The van der Waals surface area contributed by atoms with Gasteiger partial charge in [0, 0.05) is 41.5 Å². The Morgan fingerprint density at radius 3 is 1.79 bits per heavy atom. The standard InChI is InChI=1S/C47H64N4O10/c1-13-25(2)37-42(57)48-34(40(55)49-36(43(58)60-12)22-26-14-16-29(52)17-15-26)23-27-18-30(38(53)32(20-27)45(3,4)5)31-19-28(21-33(39(31)54)46(6,7)8)24-35(41(56)51-37)50-44(59)61-47(9,10)11/h14-21,25,34-37,52-54H,13,22-24H2,1-12H3,(H,48,57)(H,49,55)(H,50,59)(H,51,56)/t25?,34?,35?,36?,37-/m0/s1. The Balaban J connectivity index is 2.00. The van der Waals surface area contributed by atoms with E-state index in [1.807, 2.05) is 48.5 Å². The van der Waals surface area contributed by atoms with Crippen LogP contribution in [0.15, 0.2) is 48.5 Å². The molecule has 3 aromatic rings. The number of nitrogens with one attached hydrogen (secondary N) is 4. The van der Waals surface area contributed by atoms with Crippen molar-refractivity contribution in [2.24, 2.45) is 5.92 Å². The van der Waals surface area contributed by atoms with Crippen molar-refractivity contribution in [1.29, 1.82) is 0 Å². The Bertz CT molecular complexity index is 2110. The van der Waals surface area contributed by atoms with Crippen molar-refractivity contribution < 1.29 is 48.8 Å². The first-order valence-electron chi connectivity index (χ1n) is 20.7. The second kappa shape index (κ2) is 18.9. The van der Waals surface area contributed by atoms with Gasteiger partial charge >= 0.3 is 12.1 Å². The minimum atomic E-state index is -1.35. The first kappa shape index (κ1) is 47.9. The monoisotopic (exact) mass is 844 g/mol. The fourth-order valence-corrected chi connectivity index (χ4v) is 7.21. The molecule has 61 heavy (non-hydrogen) atoms. The Morgan fingerprint density at radius 2 is 1.31 bits per heavy atom. The van der Waals surface area contributed by atoms with Gasteiger partial charge in [0.25, 0.3) is 0 Å². The third kappa shape index (κ3) is 12.4. The zero-order valence-electron chi connectivity index (χ0n) is 37.5. The Morgan fingerprint density at radius 1 is 0.787 bits per heavy atom. The van der Waals surface area contributed by atoms with Crippen molar-refractivity contribution >= 4 is 29.8 Å². The number of benzene rings is 3. The largest absolute Gasteiger partial charge is 0.508 e. The number of phenolic OH excluding ortho intramolecular Hbond substituents is 3. The van der Waals surface area contributed by atoms with Crippen LogP contribution in [0.1, 0.15) is 110 Å². The molecular weight excluding hydrogens is 781 g/mol. The summed E-state index contributed by atoms with van der Waals surface area (Å²) in [6, 6.07) is 7.93. The van der Waals surface area contributed by atoms with E-state index in [1.54, 1.807) is 64.1 Å². The number of esters is 1. The van der Waals surface area contributed by atoms with E-state index in [-0.39, 0.29) is 47.6 Å². The smallest absolute Gasteiger partial charge is 0.408 e. The third-order valence-corrected chi connectivity index (χ3v) is 10.7. The summed E-state index contributed by atoms with van der Waals surface area (Å²) in [7, 11) is 1.19. The molecule has 4 unspecified atom stereocenters. The lowest BCUT2D eigenvalue weighted by Gasteiger charge is -2.29. The number of fused-ring (bicyclic) bond motifs is 5. The van der Waals surface area contributed by atoms with Crippen molar-refractivity contribution in [1.82, 2.24) is 21.3 Å². The van der Waals surface area contributed by atoms with Crippen LogP contribution in [0.3, 0.4) is 0 Å². The van der Waals surface area contributed by atoms with E-state index in [9.17, 15) is 39.3 Å². The molecule has 4 amide bonds. The lowest BCUT2D eigenvalue weighted by atomic mass is 9.79. The zero-order valence-corrected chi connectivity index (χ0v) is 37.5. The van der Waals surface area contributed by atoms with Gasteiger partial charge in [0.1, 0.15) is 47.0 Å². The van der Waals surface area contributed by atoms with E-state index in [1.165, 1.54) is 19.2 Å². The molecule has 1 aliphatic heterocycles. The number of carbonyl (C=O) groups is 5. The molecule has 3 aromatic carbocycles. The lowest BCUT2D eigenvalue weighted by molar-refractivity contribution is -0.145. The number of hydrogen-bond donors (Lipinski definition) is 7. The van der Waals surface area contributed by atoms with Crippen LogP contribution in [0.5, 0.6) is 17.2 Å². The molecule has 0 aliphatic carbocycles. The van der Waals surface area contributed by atoms with Gasteiger partial charge in [-0.2, -0.15) is 0 Å². The molecule has 1 aliphatic rings. The summed E-state index contributed by atoms with van der Waals surface area (Å²) in [5, 5.41) is 45.0. The highest BCUT2D eigenvalue weighted by Crippen LogP contribution is 2.46. The van der Waals surface area contributed by atoms with Gasteiger partial charge in [-0.25, -0.2) is 9.59 Å². The van der Waals surface area contributed by atoms with Crippen molar-refractivity contribution in [2.75, 3.05) is 7.11 Å². The maximum absolute atomic E-state index is 14.5. The average molecular weight is 845 g/mol. The molecule has 1 heterocycles. The maximum Gasteiger partial charge on any atom is 0.408 e. The minimum Gasteiger partial charge on any atom is -0.508 e. The summed E-state index contributed by atoms with van der Waals surface area (Å²) in [4.78, 5) is 69.8. The number of amides is 4. The third-order valence-electron chi connectivity index (χ3n) is 10.7. The van der Waals surface area contributed by atoms with Crippen LogP contribution >= 0.6 is 0 Å². The second-order valence-electron chi connectivity index (χ2n) is 19.1. The summed E-state index contributed by atoms with van der Waals surface area (Å²) >= 11 is 0. The first-order valence-corrected chi connectivity index (χ1v) is 20.7. The molecule has 14 heteroatoms. The van der Waals surface area contributed by atoms with Gasteiger partial charge in [-0.15, -0.1) is 0 Å². The summed E-state index contributed by atoms with van der Waals surface area (Å²) < 4.78 is 10.6. The lowest BCUT2D eigenvalue weighted by Crippen LogP contribution is -2.60. The number of phenols is 3. The fourth-order valence-electron chi connectivity index (χ4n) is 7.21. The average Bonchev–Trinajstić information content (AvgIpc) is 3.15. The van der Waals surface area contributed by atoms with Crippen LogP contribution in [0.2, 0.25) is 0 Å². The number of rotatable bonds is 8. The molecule has 0 spiro atoms. The molecule has 4 bridgehead atoms. The van der Waals surface area contributed by atoms with Crippen LogP contribution in [0.4, 0.5) is 4.79 Å². The summed E-state index contributed by atoms with van der Waals surface area (Å²) in [6.45, 7) is 20.2. The number of methoxy groups -OCH3 is 1. The van der Waals surface area contributed by atoms with Crippen LogP contribution in [0.25, 0.3) is 11.1 Å². The number of carbonyl (C=O) groups excluding carboxylic acids is 5. The van der Waals surface area contributed by atoms with E-state index in [4.69, 9.17) is 9.47 Å². The maximum atomic E-state index is 14.5. The molecule has 0 aromatic heterocycles. The molecule has 332 valence electrons. The summed E-state index contributed by atoms with van der Waals surface area (Å²) in [5.41, 5.74) is 0.977. The minimum absolute atomic E-state index is 0.000203. The second-order valence-corrected chi connectivity index (χ2v) is 19.1. The molecule has 0 radical (unpaired) electrons. The van der Waals surface area contributed by atoms with Crippen LogP contribution in [-0.2, 0) is 58.7 Å². The van der Waals surface area contributed by atoms with Crippen molar-refractivity contribution in [2.45, 2.75) is 142 Å². The summed E-state index contributed by atoms with van der Waals surface area (Å²) in [6.07, 6.45) is -0.653. The Hall–Kier alpha value is -5.79. The zero-order chi connectivity index (χ0) is 45.8. The van der Waals surface area contributed by atoms with E-state index in [0.717, 1.165) is 0 Å². The van der Waals surface area contributed by atoms with Gasteiger partial charge in [0.15, 0.2) is 0 Å². The normalized spacial score (nSPS) is 18.6. The number of ether oxygens (including phenoxy) is 2. The van der Waals surface area contributed by atoms with Crippen molar-refractivity contribution in [3.05, 3.63) is 76.3 Å². The predicted octanol–water partition coefficient (Wildman–Crippen LogP) is 5.97. The highest BCUT2D eigenvalue weighted by molar-refractivity contribution is 5.95. The van der Waals surface area contributed by atoms with Gasteiger partial charge in [-0.1, -0.05) is 86.1 Å². The van der Waals surface area contributed by atoms with Gasteiger partial charge < -0.3 is 46.1 Å². The Kier molecular flexibility index (Phi) is 14.8. The quantitative estimate of drug-likeness (QED) is 0.132. The van der Waals surface area contributed by atoms with Crippen molar-refractivity contribution in [3.8, 4) is 28.4 Å².